The second kappa shape index (κ2) is 4.34. The molecule has 3 heteroatoms. The summed E-state index contributed by atoms with van der Waals surface area (Å²) >= 11 is 0. The Kier molecular flexibility index (Phi) is 3.36. The Labute approximate surface area is 67.5 Å². The van der Waals surface area contributed by atoms with Crippen LogP contribution >= 0.6 is 0 Å². The van der Waals surface area contributed by atoms with Crippen molar-refractivity contribution < 1.29 is 4.79 Å². The molecule has 0 unspecified atom stereocenters. The zero-order chi connectivity index (χ0) is 8.10. The highest BCUT2D eigenvalue weighted by atomic mass is 16.2. The van der Waals surface area contributed by atoms with Gasteiger partial charge in [0.2, 0.25) is 5.91 Å². The van der Waals surface area contributed by atoms with Crippen molar-refractivity contribution in [3.8, 4) is 0 Å². The molecule has 1 fully saturated rings. The molecule has 0 aromatic rings. The molecule has 11 heavy (non-hydrogen) atoms. The lowest BCUT2D eigenvalue weighted by Gasteiger charge is -2.05. The van der Waals surface area contributed by atoms with Gasteiger partial charge in [-0.25, -0.2) is 5.43 Å². The molecule has 0 saturated carbocycles. The fourth-order valence-corrected chi connectivity index (χ4v) is 1.32. The molecule has 1 amide bonds. The summed E-state index contributed by atoms with van der Waals surface area (Å²) in [6.45, 7) is 2.19. The van der Waals surface area contributed by atoms with Crippen LogP contribution in [0.3, 0.4) is 0 Å². The van der Waals surface area contributed by atoms with Gasteiger partial charge in [-0.3, -0.25) is 10.2 Å². The van der Waals surface area contributed by atoms with Gasteiger partial charge in [0.05, 0.1) is 0 Å². The number of hydrazine groups is 1. The van der Waals surface area contributed by atoms with Crippen LogP contribution in [0.5, 0.6) is 0 Å². The molecule has 0 aromatic heterocycles. The number of amides is 1. The summed E-state index contributed by atoms with van der Waals surface area (Å²) in [6.07, 6.45) is 5.51. The number of hydrogen-bond acceptors (Lipinski definition) is 2. The van der Waals surface area contributed by atoms with Crippen LogP contribution in [0.25, 0.3) is 0 Å². The standard InChI is InChI=1S/C8H16N2O/c1-2-3-4-5-7-6-8(11)10-9-7/h7,9H,2-6H2,1H3,(H,10,11)/t7-/m0/s1. The van der Waals surface area contributed by atoms with Crippen molar-refractivity contribution in [2.24, 2.45) is 0 Å². The van der Waals surface area contributed by atoms with E-state index >= 15 is 0 Å². The maximum absolute atomic E-state index is 10.7. The maximum atomic E-state index is 10.7. The highest BCUT2D eigenvalue weighted by Gasteiger charge is 2.19. The Morgan fingerprint density at radius 1 is 1.55 bits per heavy atom. The number of hydrogen-bond donors (Lipinski definition) is 2. The van der Waals surface area contributed by atoms with Crippen molar-refractivity contribution in [1.29, 1.82) is 0 Å². The van der Waals surface area contributed by atoms with Gasteiger partial charge in [-0.1, -0.05) is 26.2 Å². The Morgan fingerprint density at radius 3 is 2.91 bits per heavy atom. The molecule has 0 aromatic carbocycles. The van der Waals surface area contributed by atoms with Crippen molar-refractivity contribution in [1.82, 2.24) is 10.9 Å². The topological polar surface area (TPSA) is 41.1 Å². The average Bonchev–Trinajstić information content (AvgIpc) is 2.37. The van der Waals surface area contributed by atoms with Crippen LogP contribution in [0, 0.1) is 0 Å². The molecule has 0 aliphatic carbocycles. The van der Waals surface area contributed by atoms with E-state index in [-0.39, 0.29) is 5.91 Å². The third-order valence-corrected chi connectivity index (χ3v) is 2.00. The van der Waals surface area contributed by atoms with Gasteiger partial charge >= 0.3 is 0 Å². The van der Waals surface area contributed by atoms with Crippen molar-refractivity contribution in [2.75, 3.05) is 0 Å². The summed E-state index contributed by atoms with van der Waals surface area (Å²) in [7, 11) is 0. The number of carbonyl (C=O) groups excluding carboxylic acids is 1. The summed E-state index contributed by atoms with van der Waals surface area (Å²) in [4.78, 5) is 10.7. The molecule has 0 radical (unpaired) electrons. The number of nitrogens with one attached hydrogen (secondary N) is 2. The van der Waals surface area contributed by atoms with E-state index in [1.54, 1.807) is 0 Å². The molecule has 0 spiro atoms. The molecule has 0 bridgehead atoms. The average molecular weight is 156 g/mol. The zero-order valence-corrected chi connectivity index (χ0v) is 7.02. The van der Waals surface area contributed by atoms with Crippen LogP contribution in [0.2, 0.25) is 0 Å². The minimum atomic E-state index is 0.131. The monoisotopic (exact) mass is 156 g/mol. The van der Waals surface area contributed by atoms with Crippen LogP contribution in [-0.4, -0.2) is 11.9 Å². The van der Waals surface area contributed by atoms with Crippen molar-refractivity contribution in [3.63, 3.8) is 0 Å². The van der Waals surface area contributed by atoms with Crippen molar-refractivity contribution >= 4 is 5.91 Å². The van der Waals surface area contributed by atoms with Crippen LogP contribution in [0.15, 0.2) is 0 Å². The smallest absolute Gasteiger partial charge is 0.235 e. The largest absolute Gasteiger partial charge is 0.291 e. The lowest BCUT2D eigenvalue weighted by atomic mass is 10.1. The highest BCUT2D eigenvalue weighted by molar-refractivity contribution is 5.77. The summed E-state index contributed by atoms with van der Waals surface area (Å²) in [5.41, 5.74) is 5.57. The third-order valence-electron chi connectivity index (χ3n) is 2.00. The van der Waals surface area contributed by atoms with Gasteiger partial charge in [0.1, 0.15) is 0 Å². The summed E-state index contributed by atoms with van der Waals surface area (Å²) in [5, 5.41) is 0. The lowest BCUT2D eigenvalue weighted by Crippen LogP contribution is -2.31. The first-order valence-corrected chi connectivity index (χ1v) is 4.37. The normalized spacial score (nSPS) is 23.7. The van der Waals surface area contributed by atoms with Crippen LogP contribution < -0.4 is 10.9 Å². The SMILES string of the molecule is CCCCC[C@H]1CC(=O)NN1. The molecule has 3 nitrogen and oxygen atoms in total. The third kappa shape index (κ3) is 2.89. The molecule has 1 saturated heterocycles. The van der Waals surface area contributed by atoms with E-state index in [4.69, 9.17) is 0 Å². The molecule has 1 aliphatic rings. The van der Waals surface area contributed by atoms with E-state index in [1.165, 1.54) is 19.3 Å². The molecule has 1 atom stereocenters. The summed E-state index contributed by atoms with van der Waals surface area (Å²) < 4.78 is 0. The summed E-state index contributed by atoms with van der Waals surface area (Å²) in [6, 6.07) is 0.383. The van der Waals surface area contributed by atoms with Crippen molar-refractivity contribution in [3.05, 3.63) is 0 Å². The quantitative estimate of drug-likeness (QED) is 0.595. The Balaban J connectivity index is 2.04. The first-order valence-electron chi connectivity index (χ1n) is 4.37. The van der Waals surface area contributed by atoms with Gasteiger partial charge in [0.25, 0.3) is 0 Å². The minimum absolute atomic E-state index is 0.131. The van der Waals surface area contributed by atoms with E-state index in [0.717, 1.165) is 6.42 Å². The molecule has 2 N–H and O–H groups in total. The molecule has 64 valence electrons. The predicted octanol–water partition coefficient (Wildman–Crippen LogP) is 0.960. The fraction of sp³-hybridized carbons (Fsp3) is 0.875. The Hall–Kier alpha value is -0.570. The molecule has 1 aliphatic heterocycles. The maximum Gasteiger partial charge on any atom is 0.235 e. The van der Waals surface area contributed by atoms with E-state index in [0.29, 0.717) is 12.5 Å². The fourth-order valence-electron chi connectivity index (χ4n) is 1.32. The molecule has 1 rings (SSSR count). The van der Waals surface area contributed by atoms with E-state index in [2.05, 4.69) is 17.8 Å². The van der Waals surface area contributed by atoms with Crippen molar-refractivity contribution in [2.45, 2.75) is 45.1 Å². The minimum Gasteiger partial charge on any atom is -0.291 e. The Bertz CT molecular complexity index is 136. The van der Waals surface area contributed by atoms with E-state index in [1.807, 2.05) is 0 Å². The summed E-state index contributed by atoms with van der Waals surface area (Å²) in [5.74, 6) is 0.131. The van der Waals surface area contributed by atoms with Crippen LogP contribution in [0.1, 0.15) is 39.0 Å². The second-order valence-electron chi connectivity index (χ2n) is 3.09. The first kappa shape index (κ1) is 8.53. The van der Waals surface area contributed by atoms with Gasteiger partial charge in [-0.05, 0) is 6.42 Å². The highest BCUT2D eigenvalue weighted by Crippen LogP contribution is 2.08. The lowest BCUT2D eigenvalue weighted by molar-refractivity contribution is -0.119. The number of carbonyl (C=O) groups is 1. The first-order chi connectivity index (χ1) is 5.33. The van der Waals surface area contributed by atoms with E-state index < -0.39 is 0 Å². The van der Waals surface area contributed by atoms with Gasteiger partial charge in [-0.2, -0.15) is 0 Å². The molecular weight excluding hydrogens is 140 g/mol. The number of unbranched alkanes of at least 4 members (excludes halogenated alkanes) is 2. The van der Waals surface area contributed by atoms with Gasteiger partial charge in [0.15, 0.2) is 0 Å². The van der Waals surface area contributed by atoms with Gasteiger partial charge in [-0.15, -0.1) is 0 Å². The Morgan fingerprint density at radius 2 is 2.36 bits per heavy atom. The molecule has 1 heterocycles. The zero-order valence-electron chi connectivity index (χ0n) is 7.02. The molecular formula is C8H16N2O. The van der Waals surface area contributed by atoms with Gasteiger partial charge in [0, 0.05) is 12.5 Å². The van der Waals surface area contributed by atoms with Crippen LogP contribution in [0.4, 0.5) is 0 Å². The van der Waals surface area contributed by atoms with Gasteiger partial charge < -0.3 is 0 Å². The van der Waals surface area contributed by atoms with E-state index in [9.17, 15) is 4.79 Å². The predicted molar refractivity (Wildman–Crippen MR) is 43.8 cm³/mol. The van der Waals surface area contributed by atoms with Crippen LogP contribution in [-0.2, 0) is 4.79 Å². The second-order valence-corrected chi connectivity index (χ2v) is 3.09. The number of rotatable bonds is 4.